The molecule has 15 heavy (non-hydrogen) atoms. The molecular formula is C13H20O2. The van der Waals surface area contributed by atoms with Gasteiger partial charge in [0.1, 0.15) is 0 Å². The van der Waals surface area contributed by atoms with Gasteiger partial charge < -0.3 is 4.74 Å². The van der Waals surface area contributed by atoms with Crippen molar-refractivity contribution in [2.45, 2.75) is 57.5 Å². The van der Waals surface area contributed by atoms with Gasteiger partial charge in [-0.3, -0.25) is 4.79 Å². The molecule has 1 atom stereocenters. The third kappa shape index (κ3) is 3.16. The van der Waals surface area contributed by atoms with E-state index in [-0.39, 0.29) is 6.10 Å². The Labute approximate surface area is 91.7 Å². The van der Waals surface area contributed by atoms with Crippen LogP contribution < -0.4 is 0 Å². The van der Waals surface area contributed by atoms with Gasteiger partial charge in [-0.15, -0.1) is 0 Å². The summed E-state index contributed by atoms with van der Waals surface area (Å²) >= 11 is 0. The highest BCUT2D eigenvalue weighted by Crippen LogP contribution is 2.22. The minimum Gasteiger partial charge on any atom is -0.378 e. The summed E-state index contributed by atoms with van der Waals surface area (Å²) in [6, 6.07) is 0. The van der Waals surface area contributed by atoms with Crippen LogP contribution in [0.4, 0.5) is 0 Å². The molecule has 84 valence electrons. The first-order valence-electron chi connectivity index (χ1n) is 6.20. The van der Waals surface area contributed by atoms with E-state index in [1.54, 1.807) is 0 Å². The molecule has 2 rings (SSSR count). The van der Waals surface area contributed by atoms with Gasteiger partial charge in [0.25, 0.3) is 0 Å². The van der Waals surface area contributed by atoms with Crippen molar-refractivity contribution in [2.24, 2.45) is 0 Å². The van der Waals surface area contributed by atoms with E-state index in [1.807, 2.05) is 0 Å². The maximum atomic E-state index is 11.9. The molecule has 1 heterocycles. The molecule has 1 saturated heterocycles. The summed E-state index contributed by atoms with van der Waals surface area (Å²) in [6.45, 7) is 0.844. The van der Waals surface area contributed by atoms with Gasteiger partial charge in [0.05, 0.1) is 6.10 Å². The first-order valence-corrected chi connectivity index (χ1v) is 6.20. The van der Waals surface area contributed by atoms with Crippen LogP contribution in [-0.4, -0.2) is 18.5 Å². The molecule has 0 aromatic heterocycles. The molecule has 0 radical (unpaired) electrons. The average molecular weight is 208 g/mol. The molecule has 2 heteroatoms. The lowest BCUT2D eigenvalue weighted by Crippen LogP contribution is -2.23. The molecule has 0 amide bonds. The topological polar surface area (TPSA) is 26.3 Å². The smallest absolute Gasteiger partial charge is 0.161 e. The number of hydrogen-bond acceptors (Lipinski definition) is 2. The Hall–Kier alpha value is -0.630. The van der Waals surface area contributed by atoms with Gasteiger partial charge >= 0.3 is 0 Å². The Morgan fingerprint density at radius 1 is 1.33 bits per heavy atom. The SMILES string of the molecule is O=C(CC1CCCCO1)C1=CCCCC1. The van der Waals surface area contributed by atoms with E-state index >= 15 is 0 Å². The van der Waals surface area contributed by atoms with Gasteiger partial charge in [0.15, 0.2) is 5.78 Å². The second-order valence-electron chi connectivity index (χ2n) is 4.59. The zero-order valence-electron chi connectivity index (χ0n) is 9.34. The Balaban J connectivity index is 1.82. The first-order chi connectivity index (χ1) is 7.36. The predicted octanol–water partition coefficient (Wildman–Crippen LogP) is 3.02. The highest BCUT2D eigenvalue weighted by molar-refractivity contribution is 5.95. The van der Waals surface area contributed by atoms with Crippen LogP contribution in [0.25, 0.3) is 0 Å². The third-order valence-corrected chi connectivity index (χ3v) is 3.34. The van der Waals surface area contributed by atoms with Crippen molar-refractivity contribution in [3.05, 3.63) is 11.6 Å². The second kappa shape index (κ2) is 5.45. The van der Waals surface area contributed by atoms with Crippen LogP contribution >= 0.6 is 0 Å². The Kier molecular flexibility index (Phi) is 3.95. The monoisotopic (exact) mass is 208 g/mol. The summed E-state index contributed by atoms with van der Waals surface area (Å²) in [4.78, 5) is 11.9. The lowest BCUT2D eigenvalue weighted by molar-refractivity contribution is -0.119. The van der Waals surface area contributed by atoms with E-state index in [2.05, 4.69) is 6.08 Å². The maximum Gasteiger partial charge on any atom is 0.161 e. The molecular weight excluding hydrogens is 188 g/mol. The number of Topliss-reactive ketones (excluding diaryl/α,β-unsaturated/α-hetero) is 1. The van der Waals surface area contributed by atoms with Gasteiger partial charge in [0, 0.05) is 13.0 Å². The fourth-order valence-corrected chi connectivity index (χ4v) is 2.40. The minimum atomic E-state index is 0.203. The van der Waals surface area contributed by atoms with Gasteiger partial charge in [-0.1, -0.05) is 6.08 Å². The van der Waals surface area contributed by atoms with E-state index in [0.717, 1.165) is 37.9 Å². The van der Waals surface area contributed by atoms with Crippen molar-refractivity contribution < 1.29 is 9.53 Å². The van der Waals surface area contributed by atoms with E-state index in [4.69, 9.17) is 4.74 Å². The summed E-state index contributed by atoms with van der Waals surface area (Å²) in [5.74, 6) is 0.335. The highest BCUT2D eigenvalue weighted by atomic mass is 16.5. The summed E-state index contributed by atoms with van der Waals surface area (Å²) in [5.41, 5.74) is 1.07. The summed E-state index contributed by atoms with van der Waals surface area (Å²) < 4.78 is 5.59. The van der Waals surface area contributed by atoms with Gasteiger partial charge in [0.2, 0.25) is 0 Å². The number of ether oxygens (including phenoxy) is 1. The Bertz CT molecular complexity index is 249. The number of ketones is 1. The minimum absolute atomic E-state index is 0.203. The molecule has 2 nitrogen and oxygen atoms in total. The lowest BCUT2D eigenvalue weighted by atomic mass is 9.92. The third-order valence-electron chi connectivity index (χ3n) is 3.34. The van der Waals surface area contributed by atoms with Gasteiger partial charge in [-0.2, -0.15) is 0 Å². The number of carbonyl (C=O) groups excluding carboxylic acids is 1. The summed E-state index contributed by atoms with van der Waals surface area (Å²) in [5, 5.41) is 0. The van der Waals surface area contributed by atoms with E-state index in [0.29, 0.717) is 12.2 Å². The van der Waals surface area contributed by atoms with Crippen molar-refractivity contribution in [2.75, 3.05) is 6.61 Å². The molecule has 2 aliphatic rings. The van der Waals surface area contributed by atoms with Crippen LogP contribution in [0.2, 0.25) is 0 Å². The lowest BCUT2D eigenvalue weighted by Gasteiger charge is -2.22. The number of allylic oxidation sites excluding steroid dienone is 2. The fraction of sp³-hybridized carbons (Fsp3) is 0.769. The molecule has 1 fully saturated rings. The van der Waals surface area contributed by atoms with Gasteiger partial charge in [-0.05, 0) is 50.5 Å². The second-order valence-corrected chi connectivity index (χ2v) is 4.59. The van der Waals surface area contributed by atoms with Crippen LogP contribution in [0.3, 0.4) is 0 Å². The zero-order chi connectivity index (χ0) is 10.5. The van der Waals surface area contributed by atoms with Crippen molar-refractivity contribution >= 4 is 5.78 Å². The molecule has 0 N–H and O–H groups in total. The van der Waals surface area contributed by atoms with Crippen LogP contribution in [-0.2, 0) is 9.53 Å². The number of rotatable bonds is 3. The standard InChI is InChI=1S/C13H20O2/c14-13(11-6-2-1-3-7-11)10-12-8-4-5-9-15-12/h6,12H,1-5,7-10H2. The molecule has 0 spiro atoms. The Morgan fingerprint density at radius 3 is 2.93 bits per heavy atom. The Morgan fingerprint density at radius 2 is 2.27 bits per heavy atom. The molecule has 0 saturated carbocycles. The fourth-order valence-electron chi connectivity index (χ4n) is 2.40. The van der Waals surface area contributed by atoms with Crippen LogP contribution in [0.15, 0.2) is 11.6 Å². The van der Waals surface area contributed by atoms with Crippen LogP contribution in [0.1, 0.15) is 51.4 Å². The zero-order valence-corrected chi connectivity index (χ0v) is 9.34. The van der Waals surface area contributed by atoms with Crippen molar-refractivity contribution in [3.8, 4) is 0 Å². The average Bonchev–Trinajstić information content (AvgIpc) is 2.31. The molecule has 1 unspecified atom stereocenters. The normalized spacial score (nSPS) is 27.2. The predicted molar refractivity (Wildman–Crippen MR) is 59.8 cm³/mol. The molecule has 0 bridgehead atoms. The number of carbonyl (C=O) groups is 1. The molecule has 0 aromatic rings. The largest absolute Gasteiger partial charge is 0.378 e. The van der Waals surface area contributed by atoms with Crippen molar-refractivity contribution in [1.82, 2.24) is 0 Å². The highest BCUT2D eigenvalue weighted by Gasteiger charge is 2.20. The molecule has 1 aliphatic carbocycles. The first kappa shape index (κ1) is 10.9. The van der Waals surface area contributed by atoms with Crippen LogP contribution in [0.5, 0.6) is 0 Å². The van der Waals surface area contributed by atoms with E-state index < -0.39 is 0 Å². The van der Waals surface area contributed by atoms with E-state index in [9.17, 15) is 4.79 Å². The number of hydrogen-bond donors (Lipinski definition) is 0. The summed E-state index contributed by atoms with van der Waals surface area (Å²) in [6.07, 6.45) is 10.9. The van der Waals surface area contributed by atoms with Gasteiger partial charge in [-0.25, -0.2) is 0 Å². The van der Waals surface area contributed by atoms with Crippen LogP contribution in [0, 0.1) is 0 Å². The quantitative estimate of drug-likeness (QED) is 0.712. The van der Waals surface area contributed by atoms with Crippen molar-refractivity contribution in [3.63, 3.8) is 0 Å². The molecule has 0 aromatic carbocycles. The van der Waals surface area contributed by atoms with E-state index in [1.165, 1.54) is 19.3 Å². The van der Waals surface area contributed by atoms with Crippen molar-refractivity contribution in [1.29, 1.82) is 0 Å². The maximum absolute atomic E-state index is 11.9. The molecule has 1 aliphatic heterocycles. The summed E-state index contributed by atoms with van der Waals surface area (Å²) in [7, 11) is 0.